The molecule has 0 aliphatic heterocycles. The second kappa shape index (κ2) is 6.59. The van der Waals surface area contributed by atoms with Crippen LogP contribution in [0.1, 0.15) is 41.0 Å². The molecule has 0 saturated heterocycles. The molecule has 100 valence electrons. The van der Waals surface area contributed by atoms with Crippen LogP contribution < -0.4 is 5.32 Å². The van der Waals surface area contributed by atoms with Gasteiger partial charge in [-0.1, -0.05) is 20.3 Å². The average Bonchev–Trinajstić information content (AvgIpc) is 2.14. The van der Waals surface area contributed by atoms with Crippen LogP contribution in [-0.2, 0) is 14.3 Å². The van der Waals surface area contributed by atoms with Crippen molar-refractivity contribution in [2.75, 3.05) is 6.54 Å². The van der Waals surface area contributed by atoms with Crippen LogP contribution in [0.2, 0.25) is 0 Å². The van der Waals surface area contributed by atoms with Gasteiger partial charge in [-0.2, -0.15) is 0 Å². The van der Waals surface area contributed by atoms with E-state index >= 15 is 0 Å². The summed E-state index contributed by atoms with van der Waals surface area (Å²) < 4.78 is 5.09. The Balaban J connectivity index is 4.23. The summed E-state index contributed by atoms with van der Waals surface area (Å²) in [5.74, 6) is -1.41. The lowest BCUT2D eigenvalue weighted by Gasteiger charge is -2.22. The number of hydrogen-bond acceptors (Lipinski definition) is 4. The molecule has 0 aliphatic carbocycles. The second-order valence-electron chi connectivity index (χ2n) is 5.17. The van der Waals surface area contributed by atoms with Crippen molar-refractivity contribution in [1.82, 2.24) is 5.32 Å². The summed E-state index contributed by atoms with van der Waals surface area (Å²) in [7, 11) is 0. The lowest BCUT2D eigenvalue weighted by atomic mass is 9.99. The van der Waals surface area contributed by atoms with E-state index in [0.29, 0.717) is 0 Å². The van der Waals surface area contributed by atoms with Crippen molar-refractivity contribution >= 4 is 11.9 Å². The highest BCUT2D eigenvalue weighted by Gasteiger charge is 2.24. The molecule has 17 heavy (non-hydrogen) atoms. The summed E-state index contributed by atoms with van der Waals surface area (Å²) in [6, 6.07) is -0.715. The van der Waals surface area contributed by atoms with Crippen molar-refractivity contribution in [2.45, 2.75) is 52.7 Å². The normalized spacial score (nSPS) is 15.1. The van der Waals surface area contributed by atoms with Crippen molar-refractivity contribution in [1.29, 1.82) is 0 Å². The van der Waals surface area contributed by atoms with Crippen molar-refractivity contribution in [3.8, 4) is 0 Å². The molecule has 0 aromatic carbocycles. The van der Waals surface area contributed by atoms with Gasteiger partial charge in [0, 0.05) is 0 Å². The summed E-state index contributed by atoms with van der Waals surface area (Å²) in [6.07, 6.45) is 0.734. The monoisotopic (exact) mass is 245 g/mol. The molecule has 5 nitrogen and oxygen atoms in total. The first kappa shape index (κ1) is 15.9. The molecule has 0 radical (unpaired) electrons. The molecule has 5 heteroatoms. The lowest BCUT2D eigenvalue weighted by molar-refractivity contribution is -0.154. The van der Waals surface area contributed by atoms with Gasteiger partial charge >= 0.3 is 11.9 Å². The van der Waals surface area contributed by atoms with Crippen LogP contribution in [0.25, 0.3) is 0 Å². The number of carbonyl (C=O) groups is 2. The number of aliphatic carboxylic acids is 1. The average molecular weight is 245 g/mol. The highest BCUT2D eigenvalue weighted by Crippen LogP contribution is 2.09. The second-order valence-corrected chi connectivity index (χ2v) is 5.17. The number of ether oxygens (including phenoxy) is 1. The molecule has 0 heterocycles. The molecular weight excluding hydrogens is 222 g/mol. The largest absolute Gasteiger partial charge is 0.480 e. The van der Waals surface area contributed by atoms with E-state index in [1.165, 1.54) is 0 Å². The Morgan fingerprint density at radius 1 is 1.35 bits per heavy atom. The van der Waals surface area contributed by atoms with Crippen LogP contribution in [0.4, 0.5) is 0 Å². The molecule has 2 N–H and O–H groups in total. The molecule has 0 aromatic heterocycles. The first-order chi connectivity index (χ1) is 7.67. The minimum Gasteiger partial charge on any atom is -0.480 e. The zero-order chi connectivity index (χ0) is 13.6. The van der Waals surface area contributed by atoms with Crippen molar-refractivity contribution in [3.05, 3.63) is 0 Å². The molecule has 0 spiro atoms. The molecule has 0 rings (SSSR count). The van der Waals surface area contributed by atoms with Crippen molar-refractivity contribution in [2.24, 2.45) is 5.92 Å². The van der Waals surface area contributed by atoms with Crippen LogP contribution in [-0.4, -0.2) is 35.2 Å². The van der Waals surface area contributed by atoms with Gasteiger partial charge in [0.2, 0.25) is 0 Å². The lowest BCUT2D eigenvalue weighted by Crippen LogP contribution is -2.45. The van der Waals surface area contributed by atoms with E-state index in [9.17, 15) is 9.59 Å². The molecule has 0 amide bonds. The van der Waals surface area contributed by atoms with Gasteiger partial charge in [0.15, 0.2) is 0 Å². The predicted molar refractivity (Wildman–Crippen MR) is 64.7 cm³/mol. The maximum atomic E-state index is 11.4. The summed E-state index contributed by atoms with van der Waals surface area (Å²) in [6.45, 7) is 8.98. The smallest absolute Gasteiger partial charge is 0.320 e. The van der Waals surface area contributed by atoms with E-state index < -0.39 is 23.6 Å². The van der Waals surface area contributed by atoms with Crippen LogP contribution in [0, 0.1) is 5.92 Å². The number of carboxylic acids is 1. The quantitative estimate of drug-likeness (QED) is 0.692. The van der Waals surface area contributed by atoms with Crippen LogP contribution >= 0.6 is 0 Å². The first-order valence-electron chi connectivity index (χ1n) is 5.85. The van der Waals surface area contributed by atoms with E-state index in [2.05, 4.69) is 5.32 Å². The van der Waals surface area contributed by atoms with Crippen LogP contribution in [0.5, 0.6) is 0 Å². The fraction of sp³-hybridized carbons (Fsp3) is 0.833. The van der Waals surface area contributed by atoms with Gasteiger partial charge in [0.1, 0.15) is 11.6 Å². The first-order valence-corrected chi connectivity index (χ1v) is 5.85. The Kier molecular flexibility index (Phi) is 6.16. The third kappa shape index (κ3) is 6.94. The maximum absolute atomic E-state index is 11.4. The van der Waals surface area contributed by atoms with Crippen LogP contribution in [0.15, 0.2) is 0 Å². The highest BCUT2D eigenvalue weighted by atomic mass is 16.6. The summed E-state index contributed by atoms with van der Waals surface area (Å²) >= 11 is 0. The molecule has 0 saturated carbocycles. The summed E-state index contributed by atoms with van der Waals surface area (Å²) in [5.41, 5.74) is -0.548. The number of carbonyl (C=O) groups excluding carboxylic acids is 1. The number of nitrogens with one attached hydrogen (secondary N) is 1. The van der Waals surface area contributed by atoms with E-state index in [4.69, 9.17) is 9.84 Å². The molecule has 0 fully saturated rings. The minimum absolute atomic E-state index is 0.0325. The van der Waals surface area contributed by atoms with Crippen LogP contribution in [0.3, 0.4) is 0 Å². The third-order valence-electron chi connectivity index (χ3n) is 2.37. The molecule has 0 aliphatic rings. The van der Waals surface area contributed by atoms with Gasteiger partial charge in [-0.25, -0.2) is 0 Å². The van der Waals surface area contributed by atoms with Gasteiger partial charge in [0.05, 0.1) is 6.54 Å². The van der Waals surface area contributed by atoms with E-state index in [1.807, 2.05) is 13.8 Å². The summed E-state index contributed by atoms with van der Waals surface area (Å²) in [5, 5.41) is 11.7. The molecule has 2 atom stereocenters. The minimum atomic E-state index is -0.942. The van der Waals surface area contributed by atoms with Gasteiger partial charge in [-0.05, 0) is 26.7 Å². The molecule has 0 aromatic rings. The molecule has 0 unspecified atom stereocenters. The predicted octanol–water partition coefficient (Wildman–Crippen LogP) is 1.42. The Labute approximate surface area is 103 Å². The Morgan fingerprint density at radius 3 is 2.24 bits per heavy atom. The van der Waals surface area contributed by atoms with E-state index in [-0.39, 0.29) is 12.5 Å². The number of carboxylic acid groups (broad SMARTS) is 1. The highest BCUT2D eigenvalue weighted by molar-refractivity contribution is 5.76. The standard InChI is InChI=1S/C12H23NO4/c1-6-8(2)10(11(15)16)13-7-9(14)17-12(3,4)5/h8,10,13H,6-7H2,1-5H3,(H,15,16)/t8-,10-/m1/s1. The fourth-order valence-corrected chi connectivity index (χ4v) is 1.34. The fourth-order valence-electron chi connectivity index (χ4n) is 1.34. The Bertz CT molecular complexity index is 270. The zero-order valence-corrected chi connectivity index (χ0v) is 11.2. The zero-order valence-electron chi connectivity index (χ0n) is 11.2. The maximum Gasteiger partial charge on any atom is 0.320 e. The van der Waals surface area contributed by atoms with Gasteiger partial charge < -0.3 is 9.84 Å². The van der Waals surface area contributed by atoms with Crippen molar-refractivity contribution < 1.29 is 19.4 Å². The number of hydrogen-bond donors (Lipinski definition) is 2. The van der Waals surface area contributed by atoms with Gasteiger partial charge in [-0.3, -0.25) is 14.9 Å². The third-order valence-corrected chi connectivity index (χ3v) is 2.37. The Hall–Kier alpha value is -1.10. The van der Waals surface area contributed by atoms with E-state index in [1.54, 1.807) is 20.8 Å². The number of esters is 1. The van der Waals surface area contributed by atoms with Gasteiger partial charge in [0.25, 0.3) is 0 Å². The topological polar surface area (TPSA) is 75.6 Å². The Morgan fingerprint density at radius 2 is 1.88 bits per heavy atom. The molecule has 0 bridgehead atoms. The molecular formula is C12H23NO4. The van der Waals surface area contributed by atoms with Crippen molar-refractivity contribution in [3.63, 3.8) is 0 Å². The van der Waals surface area contributed by atoms with Gasteiger partial charge in [-0.15, -0.1) is 0 Å². The number of rotatable bonds is 6. The summed E-state index contributed by atoms with van der Waals surface area (Å²) in [4.78, 5) is 22.4. The SMILES string of the molecule is CC[C@@H](C)[C@@H](NCC(=O)OC(C)(C)C)C(=O)O. The van der Waals surface area contributed by atoms with E-state index in [0.717, 1.165) is 6.42 Å².